The Labute approximate surface area is 173 Å². The second-order valence-electron chi connectivity index (χ2n) is 7.33. The van der Waals surface area contributed by atoms with Gasteiger partial charge in [0.25, 0.3) is 11.8 Å². The molecule has 3 amide bonds. The highest BCUT2D eigenvalue weighted by Gasteiger charge is 2.55. The third-order valence-corrected chi connectivity index (χ3v) is 5.00. The van der Waals surface area contributed by atoms with Gasteiger partial charge in [0.2, 0.25) is 5.91 Å². The zero-order chi connectivity index (χ0) is 21.4. The van der Waals surface area contributed by atoms with Gasteiger partial charge in [0.15, 0.2) is 12.1 Å². The zero-order valence-electron chi connectivity index (χ0n) is 16.8. The summed E-state index contributed by atoms with van der Waals surface area (Å²) in [6.07, 6.45) is 0. The van der Waals surface area contributed by atoms with Crippen molar-refractivity contribution in [3.8, 4) is 5.75 Å². The van der Waals surface area contributed by atoms with Crippen molar-refractivity contribution in [2.24, 2.45) is 10.3 Å². The van der Waals surface area contributed by atoms with Crippen LogP contribution in [0.1, 0.15) is 11.1 Å². The van der Waals surface area contributed by atoms with Crippen LogP contribution in [0.2, 0.25) is 0 Å². The van der Waals surface area contributed by atoms with Crippen LogP contribution in [-0.4, -0.2) is 48.5 Å². The van der Waals surface area contributed by atoms with E-state index < -0.39 is 23.9 Å². The lowest BCUT2D eigenvalue weighted by Crippen LogP contribution is -2.43. The predicted molar refractivity (Wildman–Crippen MR) is 109 cm³/mol. The molecular weight excluding hydrogens is 386 g/mol. The van der Waals surface area contributed by atoms with E-state index in [-0.39, 0.29) is 12.5 Å². The van der Waals surface area contributed by atoms with Crippen LogP contribution >= 0.6 is 0 Å². The Bertz CT molecular complexity index is 1030. The van der Waals surface area contributed by atoms with Gasteiger partial charge in [0.1, 0.15) is 12.3 Å². The SMILES string of the molecule is COc1ccc(N2C(=O)[C@H]3N=NN(CC(=O)Nc4cc(C)cc(C)c4)[C@H]3C2=O)cc1. The summed E-state index contributed by atoms with van der Waals surface area (Å²) in [7, 11) is 1.53. The van der Waals surface area contributed by atoms with Gasteiger partial charge in [-0.3, -0.25) is 19.4 Å². The number of imide groups is 1. The molecule has 1 N–H and O–H groups in total. The normalized spacial score (nSPS) is 20.0. The number of carbonyl (C=O) groups excluding carboxylic acids is 3. The van der Waals surface area contributed by atoms with Gasteiger partial charge in [-0.05, 0) is 61.4 Å². The summed E-state index contributed by atoms with van der Waals surface area (Å²) >= 11 is 0. The van der Waals surface area contributed by atoms with Crippen LogP contribution in [0.15, 0.2) is 52.8 Å². The van der Waals surface area contributed by atoms with Crippen molar-refractivity contribution >= 4 is 29.1 Å². The molecule has 2 aliphatic rings. The first-order valence-electron chi connectivity index (χ1n) is 9.45. The average molecular weight is 407 g/mol. The maximum atomic E-state index is 13.0. The van der Waals surface area contributed by atoms with Crippen molar-refractivity contribution in [2.75, 3.05) is 23.9 Å². The van der Waals surface area contributed by atoms with Gasteiger partial charge in [-0.2, -0.15) is 5.11 Å². The summed E-state index contributed by atoms with van der Waals surface area (Å²) in [5.41, 5.74) is 3.14. The molecule has 0 radical (unpaired) electrons. The molecule has 9 heteroatoms. The summed E-state index contributed by atoms with van der Waals surface area (Å²) < 4.78 is 5.11. The molecule has 2 aliphatic heterocycles. The first kappa shape index (κ1) is 19.6. The lowest BCUT2D eigenvalue weighted by atomic mass is 10.1. The third kappa shape index (κ3) is 3.49. The third-order valence-electron chi connectivity index (χ3n) is 5.00. The minimum absolute atomic E-state index is 0.187. The standard InChI is InChI=1S/C21H21N5O4/c1-12-8-13(2)10-14(9-12)22-17(27)11-25-19-18(23-24-25)20(28)26(21(19)29)15-4-6-16(30-3)7-5-15/h4-10,18-19H,11H2,1-3H3,(H,22,27)/t18-,19+/m0/s1. The van der Waals surface area contributed by atoms with Crippen LogP contribution in [0.3, 0.4) is 0 Å². The highest BCUT2D eigenvalue weighted by atomic mass is 16.5. The molecule has 0 unspecified atom stereocenters. The lowest BCUT2D eigenvalue weighted by Gasteiger charge is -2.20. The van der Waals surface area contributed by atoms with Gasteiger partial charge in [0, 0.05) is 5.69 Å². The lowest BCUT2D eigenvalue weighted by molar-refractivity contribution is -0.123. The number of nitrogens with one attached hydrogen (secondary N) is 1. The molecule has 1 saturated heterocycles. The smallest absolute Gasteiger partial charge is 0.263 e. The number of hydrogen-bond donors (Lipinski definition) is 1. The number of hydrogen-bond acceptors (Lipinski definition) is 7. The molecule has 30 heavy (non-hydrogen) atoms. The molecule has 2 aromatic rings. The molecule has 9 nitrogen and oxygen atoms in total. The Kier molecular flexibility index (Phi) is 4.94. The first-order chi connectivity index (χ1) is 14.4. The molecule has 0 bridgehead atoms. The van der Waals surface area contributed by atoms with E-state index in [4.69, 9.17) is 4.74 Å². The van der Waals surface area contributed by atoms with E-state index >= 15 is 0 Å². The van der Waals surface area contributed by atoms with Crippen molar-refractivity contribution in [3.05, 3.63) is 53.6 Å². The average Bonchev–Trinajstić information content (AvgIpc) is 3.21. The van der Waals surface area contributed by atoms with Gasteiger partial charge >= 0.3 is 0 Å². The van der Waals surface area contributed by atoms with E-state index in [0.717, 1.165) is 16.0 Å². The topological polar surface area (TPSA) is 104 Å². The molecule has 0 spiro atoms. The van der Waals surface area contributed by atoms with Crippen LogP contribution in [0.5, 0.6) is 5.75 Å². The molecule has 0 aliphatic carbocycles. The molecule has 1 fully saturated rings. The van der Waals surface area contributed by atoms with E-state index in [1.54, 1.807) is 24.3 Å². The van der Waals surface area contributed by atoms with E-state index in [2.05, 4.69) is 15.7 Å². The number of fused-ring (bicyclic) bond motifs is 1. The van der Waals surface area contributed by atoms with Crippen LogP contribution in [0, 0.1) is 13.8 Å². The molecule has 154 valence electrons. The summed E-state index contributed by atoms with van der Waals surface area (Å²) in [5.74, 6) is -0.652. The summed E-state index contributed by atoms with van der Waals surface area (Å²) in [6.45, 7) is 3.70. The summed E-state index contributed by atoms with van der Waals surface area (Å²) in [5, 5.41) is 11.9. The Morgan fingerprint density at radius 1 is 1.07 bits per heavy atom. The number of carbonyl (C=O) groups is 3. The molecule has 2 aromatic carbocycles. The number of ether oxygens (including phenoxy) is 1. The van der Waals surface area contributed by atoms with Gasteiger partial charge in [-0.15, -0.1) is 0 Å². The minimum atomic E-state index is -0.950. The summed E-state index contributed by atoms with van der Waals surface area (Å²) in [6, 6.07) is 10.4. The maximum Gasteiger partial charge on any atom is 0.263 e. The second-order valence-corrected chi connectivity index (χ2v) is 7.33. The first-order valence-corrected chi connectivity index (χ1v) is 9.45. The van der Waals surface area contributed by atoms with E-state index in [9.17, 15) is 14.4 Å². The second kappa shape index (κ2) is 7.58. The molecular formula is C21H21N5O4. The largest absolute Gasteiger partial charge is 0.497 e. The molecule has 4 rings (SSSR count). The fourth-order valence-electron chi connectivity index (χ4n) is 3.73. The number of rotatable bonds is 5. The number of anilines is 2. The van der Waals surface area contributed by atoms with Gasteiger partial charge in [-0.25, -0.2) is 4.90 Å². The van der Waals surface area contributed by atoms with Crippen LogP contribution in [-0.2, 0) is 14.4 Å². The van der Waals surface area contributed by atoms with Crippen molar-refractivity contribution in [3.63, 3.8) is 0 Å². The van der Waals surface area contributed by atoms with Crippen molar-refractivity contribution in [2.45, 2.75) is 25.9 Å². The molecule has 0 aromatic heterocycles. The van der Waals surface area contributed by atoms with Crippen LogP contribution < -0.4 is 15.0 Å². The molecule has 2 heterocycles. The zero-order valence-corrected chi connectivity index (χ0v) is 16.8. The Morgan fingerprint density at radius 3 is 2.37 bits per heavy atom. The Morgan fingerprint density at radius 2 is 1.73 bits per heavy atom. The number of benzene rings is 2. The van der Waals surface area contributed by atoms with Gasteiger partial charge in [-0.1, -0.05) is 11.3 Å². The Hall–Kier alpha value is -3.75. The van der Waals surface area contributed by atoms with Gasteiger partial charge < -0.3 is 10.1 Å². The molecule has 0 saturated carbocycles. The van der Waals surface area contributed by atoms with Crippen molar-refractivity contribution < 1.29 is 19.1 Å². The van der Waals surface area contributed by atoms with E-state index in [1.807, 2.05) is 32.0 Å². The van der Waals surface area contributed by atoms with Crippen molar-refractivity contribution in [1.29, 1.82) is 0 Å². The van der Waals surface area contributed by atoms with Crippen LogP contribution in [0.4, 0.5) is 11.4 Å². The minimum Gasteiger partial charge on any atom is -0.497 e. The monoisotopic (exact) mass is 407 g/mol. The predicted octanol–water partition coefficient (Wildman–Crippen LogP) is 2.24. The van der Waals surface area contributed by atoms with E-state index in [0.29, 0.717) is 17.1 Å². The quantitative estimate of drug-likeness (QED) is 0.766. The highest BCUT2D eigenvalue weighted by molar-refractivity contribution is 6.25. The maximum absolute atomic E-state index is 13.0. The number of aryl methyl sites for hydroxylation is 2. The Balaban J connectivity index is 1.48. The number of amides is 3. The number of methoxy groups -OCH3 is 1. The van der Waals surface area contributed by atoms with Crippen molar-refractivity contribution in [1.82, 2.24) is 5.01 Å². The van der Waals surface area contributed by atoms with E-state index in [1.165, 1.54) is 12.1 Å². The fourth-order valence-corrected chi connectivity index (χ4v) is 3.73. The highest BCUT2D eigenvalue weighted by Crippen LogP contribution is 2.32. The molecule has 2 atom stereocenters. The van der Waals surface area contributed by atoms with Crippen LogP contribution in [0.25, 0.3) is 0 Å². The fraction of sp³-hybridized carbons (Fsp3) is 0.286. The van der Waals surface area contributed by atoms with Gasteiger partial charge in [0.05, 0.1) is 12.8 Å². The number of nitrogens with zero attached hydrogens (tertiary/aromatic N) is 4. The summed E-state index contributed by atoms with van der Waals surface area (Å²) in [4.78, 5) is 39.3.